The molecule has 0 saturated carbocycles. The lowest BCUT2D eigenvalue weighted by molar-refractivity contribution is 0.0794. The monoisotopic (exact) mass is 303 g/mol. The van der Waals surface area contributed by atoms with Gasteiger partial charge in [-0.25, -0.2) is 4.98 Å². The highest BCUT2D eigenvalue weighted by atomic mass is 16.3. The molecule has 0 spiro atoms. The number of hydrogen-bond acceptors (Lipinski definition) is 4. The van der Waals surface area contributed by atoms with Crippen molar-refractivity contribution >= 4 is 11.0 Å². The zero-order valence-electron chi connectivity index (χ0n) is 13.1. The molecule has 1 aliphatic heterocycles. The number of fused-ring (bicyclic) bond motifs is 1. The summed E-state index contributed by atoms with van der Waals surface area (Å²) in [5.74, 6) is 1.42. The summed E-state index contributed by atoms with van der Waals surface area (Å²) in [5.41, 5.74) is 1.84. The smallest absolute Gasteiger partial charge is 0.135 e. The molecule has 0 radical (unpaired) electrons. The molecule has 0 unspecified atom stereocenters. The van der Waals surface area contributed by atoms with Gasteiger partial charge in [-0.15, -0.1) is 0 Å². The van der Waals surface area contributed by atoms with Gasteiger partial charge in [0.1, 0.15) is 12.4 Å². The molecule has 1 aromatic heterocycles. The normalized spacial score (nSPS) is 18.9. The third-order valence-electron chi connectivity index (χ3n) is 4.61. The van der Waals surface area contributed by atoms with Gasteiger partial charge in [0.2, 0.25) is 0 Å². The first kappa shape index (κ1) is 15.5. The molecule has 1 aromatic carbocycles. The Labute approximate surface area is 131 Å². The molecule has 120 valence electrons. The third kappa shape index (κ3) is 3.32. The second-order valence-electron chi connectivity index (χ2n) is 6.42. The summed E-state index contributed by atoms with van der Waals surface area (Å²) >= 11 is 0. The van der Waals surface area contributed by atoms with E-state index in [1.54, 1.807) is 0 Å². The third-order valence-corrected chi connectivity index (χ3v) is 4.61. The molecule has 3 rings (SSSR count). The number of aromatic nitrogens is 2. The Hall–Kier alpha value is -1.43. The lowest BCUT2D eigenvalue weighted by Gasteiger charge is -2.31. The van der Waals surface area contributed by atoms with E-state index in [2.05, 4.69) is 16.8 Å². The van der Waals surface area contributed by atoms with Crippen LogP contribution in [0.4, 0.5) is 0 Å². The summed E-state index contributed by atoms with van der Waals surface area (Å²) in [6, 6.07) is 7.81. The zero-order chi connectivity index (χ0) is 15.5. The number of hydrogen-bond donors (Lipinski definition) is 2. The Morgan fingerprint density at radius 1 is 1.23 bits per heavy atom. The van der Waals surface area contributed by atoms with Crippen molar-refractivity contribution in [3.63, 3.8) is 0 Å². The van der Waals surface area contributed by atoms with Crippen LogP contribution in [0.2, 0.25) is 0 Å². The lowest BCUT2D eigenvalue weighted by atomic mass is 9.99. The van der Waals surface area contributed by atoms with E-state index in [4.69, 9.17) is 0 Å². The molecular formula is C17H25N3O2. The van der Waals surface area contributed by atoms with Gasteiger partial charge < -0.3 is 19.7 Å². The number of aliphatic hydroxyl groups excluding tert-OH is 2. The summed E-state index contributed by atoms with van der Waals surface area (Å²) in [5, 5.41) is 20.0. The van der Waals surface area contributed by atoms with Crippen molar-refractivity contribution in [3.05, 3.63) is 30.1 Å². The molecule has 22 heavy (non-hydrogen) atoms. The highest BCUT2D eigenvalue weighted by Gasteiger charge is 2.20. The minimum atomic E-state index is -0.448. The van der Waals surface area contributed by atoms with Crippen LogP contribution in [0.5, 0.6) is 0 Å². The SMILES string of the molecule is CC1CCN(C[C@H](O)Cn2c(CO)nc3ccccc32)CC1. The van der Waals surface area contributed by atoms with Crippen molar-refractivity contribution in [1.29, 1.82) is 0 Å². The van der Waals surface area contributed by atoms with Crippen LogP contribution in [0.25, 0.3) is 11.0 Å². The van der Waals surface area contributed by atoms with E-state index in [1.807, 2.05) is 28.8 Å². The zero-order valence-corrected chi connectivity index (χ0v) is 13.1. The van der Waals surface area contributed by atoms with E-state index >= 15 is 0 Å². The van der Waals surface area contributed by atoms with Gasteiger partial charge in [-0.3, -0.25) is 0 Å². The highest BCUT2D eigenvalue weighted by Crippen LogP contribution is 2.19. The molecule has 1 aliphatic rings. The fraction of sp³-hybridized carbons (Fsp3) is 0.588. The maximum atomic E-state index is 10.4. The number of nitrogens with zero attached hydrogens (tertiary/aromatic N) is 3. The topological polar surface area (TPSA) is 61.5 Å². The van der Waals surface area contributed by atoms with Crippen molar-refractivity contribution in [3.8, 4) is 0 Å². The van der Waals surface area contributed by atoms with Crippen LogP contribution in [-0.4, -0.2) is 50.4 Å². The fourth-order valence-electron chi connectivity index (χ4n) is 3.26. The van der Waals surface area contributed by atoms with Gasteiger partial charge in [0.25, 0.3) is 0 Å². The Balaban J connectivity index is 1.69. The largest absolute Gasteiger partial charge is 0.390 e. The number of para-hydroxylation sites is 2. The van der Waals surface area contributed by atoms with Gasteiger partial charge in [0.15, 0.2) is 0 Å². The molecule has 0 bridgehead atoms. The van der Waals surface area contributed by atoms with Gasteiger partial charge in [-0.1, -0.05) is 19.1 Å². The molecular weight excluding hydrogens is 278 g/mol. The second-order valence-corrected chi connectivity index (χ2v) is 6.42. The average Bonchev–Trinajstić information content (AvgIpc) is 2.87. The average molecular weight is 303 g/mol. The Bertz CT molecular complexity index is 617. The molecule has 0 amide bonds. The maximum Gasteiger partial charge on any atom is 0.135 e. The quantitative estimate of drug-likeness (QED) is 0.881. The molecule has 2 heterocycles. The standard InChI is InChI=1S/C17H25N3O2/c1-13-6-8-19(9-7-13)10-14(22)11-20-16-5-3-2-4-15(16)18-17(20)12-21/h2-5,13-14,21-22H,6-12H2,1H3/t14-/m0/s1. The predicted octanol–water partition coefficient (Wildman–Crippen LogP) is 1.62. The second kappa shape index (κ2) is 6.77. The van der Waals surface area contributed by atoms with Crippen LogP contribution in [0.1, 0.15) is 25.6 Å². The summed E-state index contributed by atoms with van der Waals surface area (Å²) < 4.78 is 1.94. The van der Waals surface area contributed by atoms with E-state index in [0.29, 0.717) is 18.9 Å². The van der Waals surface area contributed by atoms with Crippen molar-refractivity contribution in [1.82, 2.24) is 14.5 Å². The molecule has 1 saturated heterocycles. The number of aliphatic hydroxyl groups is 2. The highest BCUT2D eigenvalue weighted by molar-refractivity contribution is 5.75. The minimum Gasteiger partial charge on any atom is -0.390 e. The van der Waals surface area contributed by atoms with Crippen molar-refractivity contribution in [2.75, 3.05) is 19.6 Å². The van der Waals surface area contributed by atoms with E-state index in [9.17, 15) is 10.2 Å². The number of likely N-dealkylation sites (tertiary alicyclic amines) is 1. The Kier molecular flexibility index (Phi) is 4.76. The van der Waals surface area contributed by atoms with Gasteiger partial charge in [-0.05, 0) is 44.0 Å². The van der Waals surface area contributed by atoms with Crippen molar-refractivity contribution in [2.24, 2.45) is 5.92 Å². The van der Waals surface area contributed by atoms with Crippen LogP contribution in [-0.2, 0) is 13.2 Å². The number of benzene rings is 1. The van der Waals surface area contributed by atoms with Gasteiger partial charge in [-0.2, -0.15) is 0 Å². The molecule has 5 nitrogen and oxygen atoms in total. The van der Waals surface area contributed by atoms with Crippen LogP contribution >= 0.6 is 0 Å². The number of imidazole rings is 1. The fourth-order valence-corrected chi connectivity index (χ4v) is 3.26. The van der Waals surface area contributed by atoms with E-state index in [1.165, 1.54) is 12.8 Å². The first-order chi connectivity index (χ1) is 10.7. The molecule has 2 aromatic rings. The molecule has 0 aliphatic carbocycles. The summed E-state index contributed by atoms with van der Waals surface area (Å²) in [6.07, 6.45) is 1.97. The van der Waals surface area contributed by atoms with Crippen molar-refractivity contribution in [2.45, 2.75) is 39.0 Å². The Morgan fingerprint density at radius 2 is 1.95 bits per heavy atom. The van der Waals surface area contributed by atoms with Crippen LogP contribution in [0.3, 0.4) is 0 Å². The number of rotatable bonds is 5. The summed E-state index contributed by atoms with van der Waals surface area (Å²) in [6.45, 7) is 5.47. The van der Waals surface area contributed by atoms with E-state index < -0.39 is 6.10 Å². The first-order valence-electron chi connectivity index (χ1n) is 8.13. The predicted molar refractivity (Wildman–Crippen MR) is 86.5 cm³/mol. The van der Waals surface area contributed by atoms with Gasteiger partial charge in [0.05, 0.1) is 23.7 Å². The molecule has 1 atom stereocenters. The number of piperidine rings is 1. The molecule has 1 fully saturated rings. The summed E-state index contributed by atoms with van der Waals surface area (Å²) in [7, 11) is 0. The first-order valence-corrected chi connectivity index (χ1v) is 8.13. The van der Waals surface area contributed by atoms with Crippen LogP contribution < -0.4 is 0 Å². The van der Waals surface area contributed by atoms with Crippen LogP contribution in [0.15, 0.2) is 24.3 Å². The maximum absolute atomic E-state index is 10.4. The van der Waals surface area contributed by atoms with Gasteiger partial charge >= 0.3 is 0 Å². The number of β-amino-alcohol motifs (C(OH)–C–C–N with tert-alkyl or cyclic N) is 1. The van der Waals surface area contributed by atoms with Crippen LogP contribution in [0, 0.1) is 5.92 Å². The van der Waals surface area contributed by atoms with E-state index in [0.717, 1.165) is 30.0 Å². The Morgan fingerprint density at radius 3 is 2.68 bits per heavy atom. The molecule has 2 N–H and O–H groups in total. The van der Waals surface area contributed by atoms with E-state index in [-0.39, 0.29) is 6.61 Å². The lowest BCUT2D eigenvalue weighted by Crippen LogP contribution is -2.39. The van der Waals surface area contributed by atoms with Crippen molar-refractivity contribution < 1.29 is 10.2 Å². The van der Waals surface area contributed by atoms with Gasteiger partial charge in [0, 0.05) is 6.54 Å². The molecule has 5 heteroatoms. The summed E-state index contributed by atoms with van der Waals surface area (Å²) in [4.78, 5) is 6.76. The minimum absolute atomic E-state index is 0.109.